The van der Waals surface area contributed by atoms with E-state index in [1.165, 1.54) is 25.2 Å². The fraction of sp³-hybridized carbons (Fsp3) is 0.385. The molecule has 0 bridgehead atoms. The highest BCUT2D eigenvalue weighted by Gasteiger charge is 2.59. The number of fused-ring (bicyclic) bond motifs is 2. The van der Waals surface area contributed by atoms with E-state index in [9.17, 15) is 36.7 Å². The van der Waals surface area contributed by atoms with E-state index in [0.717, 1.165) is 12.1 Å². The number of carbonyl (C=O) groups is 4. The van der Waals surface area contributed by atoms with Crippen LogP contribution >= 0.6 is 11.6 Å². The third kappa shape index (κ3) is 4.61. The zero-order valence-corrected chi connectivity index (χ0v) is 21.7. The Hall–Kier alpha value is -3.87. The van der Waals surface area contributed by atoms with Gasteiger partial charge in [0, 0.05) is 24.7 Å². The van der Waals surface area contributed by atoms with Gasteiger partial charge in [-0.05, 0) is 54.7 Å². The lowest BCUT2D eigenvalue weighted by Crippen LogP contribution is -2.50. The molecular weight excluding hydrogens is 560 g/mol. The quantitative estimate of drug-likeness (QED) is 0.511. The number of urea groups is 1. The number of nitrogens with zero attached hydrogens (tertiary/aromatic N) is 2. The molecule has 2 aromatic rings. The number of halogens is 5. The zero-order chi connectivity index (χ0) is 29.0. The number of hydrogen-bond donors (Lipinski definition) is 2. The number of ether oxygens (including phenoxy) is 1. The second kappa shape index (κ2) is 9.95. The lowest BCUT2D eigenvalue weighted by molar-refractivity contribution is -0.186. The van der Waals surface area contributed by atoms with Gasteiger partial charge in [-0.2, -0.15) is 13.2 Å². The van der Waals surface area contributed by atoms with Crippen molar-refractivity contribution < 1.29 is 41.5 Å². The van der Waals surface area contributed by atoms with Crippen molar-refractivity contribution in [2.45, 2.75) is 49.5 Å². The summed E-state index contributed by atoms with van der Waals surface area (Å²) in [4.78, 5) is 52.5. The molecule has 9 nitrogen and oxygen atoms in total. The number of aryl methyl sites for hydroxylation is 1. The Morgan fingerprint density at radius 3 is 2.58 bits per heavy atom. The maximum absolute atomic E-state index is 13.9. The molecule has 1 aliphatic carbocycles. The Kier molecular flexibility index (Phi) is 6.89. The highest BCUT2D eigenvalue weighted by molar-refractivity contribution is 6.30. The molecule has 2 heterocycles. The molecule has 3 aliphatic rings. The molecule has 5 rings (SSSR count). The Balaban J connectivity index is 1.40. The van der Waals surface area contributed by atoms with Crippen LogP contribution in [0.2, 0.25) is 5.02 Å². The first-order chi connectivity index (χ1) is 18.9. The number of anilines is 1. The second-order valence-electron chi connectivity index (χ2n) is 9.79. The fourth-order valence-corrected chi connectivity index (χ4v) is 5.86. The summed E-state index contributed by atoms with van der Waals surface area (Å²) >= 11 is 5.84. The zero-order valence-electron chi connectivity index (χ0n) is 21.0. The van der Waals surface area contributed by atoms with Crippen LogP contribution in [0.25, 0.3) is 0 Å². The summed E-state index contributed by atoms with van der Waals surface area (Å²) < 4.78 is 61.0. The molecule has 0 saturated carbocycles. The van der Waals surface area contributed by atoms with E-state index in [1.54, 1.807) is 6.07 Å². The molecule has 2 fully saturated rings. The maximum Gasteiger partial charge on any atom is 0.418 e. The van der Waals surface area contributed by atoms with Gasteiger partial charge in [-0.1, -0.05) is 23.7 Å². The van der Waals surface area contributed by atoms with Crippen LogP contribution in [0.4, 0.5) is 32.8 Å². The molecule has 2 aromatic carbocycles. The average Bonchev–Trinajstić information content (AvgIpc) is 3.57. The van der Waals surface area contributed by atoms with E-state index in [1.807, 2.05) is 0 Å². The summed E-state index contributed by atoms with van der Waals surface area (Å²) in [5.74, 6) is -2.74. The lowest BCUT2D eigenvalue weighted by Gasteiger charge is -2.32. The number of amides is 5. The average molecular weight is 583 g/mol. The lowest BCUT2D eigenvalue weighted by atomic mass is 9.94. The summed E-state index contributed by atoms with van der Waals surface area (Å²) in [5.41, 5.74) is -0.0804. The first-order valence-electron chi connectivity index (χ1n) is 12.4. The number of nitrogens with one attached hydrogen (secondary N) is 2. The molecule has 0 aromatic heterocycles. The summed E-state index contributed by atoms with van der Waals surface area (Å²) in [5, 5.41) is 4.70. The molecule has 5 amide bonds. The molecule has 3 atom stereocenters. The van der Waals surface area contributed by atoms with E-state index in [2.05, 4.69) is 10.6 Å². The van der Waals surface area contributed by atoms with Crippen LogP contribution in [0.3, 0.4) is 0 Å². The summed E-state index contributed by atoms with van der Waals surface area (Å²) in [6.07, 6.45) is -6.06. The van der Waals surface area contributed by atoms with E-state index < -0.39 is 66.6 Å². The van der Waals surface area contributed by atoms with E-state index in [4.69, 9.17) is 16.3 Å². The molecular formula is C26H23ClF4N4O5. The van der Waals surface area contributed by atoms with Crippen molar-refractivity contribution in [2.24, 2.45) is 0 Å². The molecule has 1 spiro atoms. The van der Waals surface area contributed by atoms with Crippen LogP contribution < -0.4 is 10.6 Å². The van der Waals surface area contributed by atoms with Crippen LogP contribution in [-0.4, -0.2) is 59.5 Å². The van der Waals surface area contributed by atoms with Crippen LogP contribution in [0, 0.1) is 5.82 Å². The van der Waals surface area contributed by atoms with Gasteiger partial charge in [0.1, 0.15) is 18.4 Å². The summed E-state index contributed by atoms with van der Waals surface area (Å²) in [7, 11) is 1.44. The predicted molar refractivity (Wildman–Crippen MR) is 133 cm³/mol. The van der Waals surface area contributed by atoms with E-state index >= 15 is 0 Å². The van der Waals surface area contributed by atoms with Crippen molar-refractivity contribution in [1.82, 2.24) is 15.1 Å². The largest absolute Gasteiger partial charge is 0.427 e. The van der Waals surface area contributed by atoms with E-state index in [-0.39, 0.29) is 23.4 Å². The minimum atomic E-state index is -4.78. The van der Waals surface area contributed by atoms with Crippen molar-refractivity contribution in [1.29, 1.82) is 0 Å². The third-order valence-electron chi connectivity index (χ3n) is 7.52. The number of benzene rings is 2. The number of rotatable bonds is 4. The van der Waals surface area contributed by atoms with Gasteiger partial charge in [0.25, 0.3) is 5.91 Å². The van der Waals surface area contributed by atoms with Crippen molar-refractivity contribution in [2.75, 3.05) is 18.9 Å². The Morgan fingerprint density at radius 2 is 1.90 bits per heavy atom. The first kappa shape index (κ1) is 27.7. The van der Waals surface area contributed by atoms with Crippen LogP contribution in [0.15, 0.2) is 36.4 Å². The van der Waals surface area contributed by atoms with Crippen LogP contribution in [0.1, 0.15) is 42.0 Å². The number of hydrogen-bond acceptors (Lipinski definition) is 5. The second-order valence-corrected chi connectivity index (χ2v) is 10.2. The van der Waals surface area contributed by atoms with Gasteiger partial charge in [0.2, 0.25) is 11.5 Å². The number of likely N-dealkylation sites (tertiary alicyclic amines) is 1. The van der Waals surface area contributed by atoms with Gasteiger partial charge >= 0.3 is 18.3 Å². The molecule has 40 heavy (non-hydrogen) atoms. The monoisotopic (exact) mass is 582 g/mol. The Labute approximate surface area is 230 Å². The molecule has 2 aliphatic heterocycles. The van der Waals surface area contributed by atoms with Crippen LogP contribution in [-0.2, 0) is 26.3 Å². The SMILES string of the molecule is CNC(=O)Nc1ccc2c(c1)CCC21OC(=O)N(CC(=O)N2[C@H](c3ccc(F)c(Cl)c3)CC[C@@H]2C(F)(F)F)C1=O. The summed E-state index contributed by atoms with van der Waals surface area (Å²) in [6, 6.07) is 4.36. The topological polar surface area (TPSA) is 108 Å². The number of imide groups is 1. The molecule has 0 radical (unpaired) electrons. The van der Waals surface area contributed by atoms with Crippen molar-refractivity contribution in [3.8, 4) is 0 Å². The van der Waals surface area contributed by atoms with Gasteiger partial charge in [-0.3, -0.25) is 9.59 Å². The molecule has 14 heteroatoms. The minimum absolute atomic E-state index is 0.0621. The Morgan fingerprint density at radius 1 is 1.15 bits per heavy atom. The molecule has 2 N–H and O–H groups in total. The van der Waals surface area contributed by atoms with Crippen LogP contribution in [0.5, 0.6) is 0 Å². The van der Waals surface area contributed by atoms with Crippen molar-refractivity contribution in [3.05, 3.63) is 63.9 Å². The van der Waals surface area contributed by atoms with Crippen molar-refractivity contribution in [3.63, 3.8) is 0 Å². The molecule has 212 valence electrons. The molecule has 1 unspecified atom stereocenters. The van der Waals surface area contributed by atoms with E-state index in [0.29, 0.717) is 33.0 Å². The maximum atomic E-state index is 13.9. The summed E-state index contributed by atoms with van der Waals surface area (Å²) in [6.45, 7) is -0.969. The first-order valence-corrected chi connectivity index (χ1v) is 12.7. The van der Waals surface area contributed by atoms with Crippen molar-refractivity contribution >= 4 is 41.2 Å². The van der Waals surface area contributed by atoms with Gasteiger partial charge < -0.3 is 20.3 Å². The molecule has 2 saturated heterocycles. The number of alkyl halides is 3. The third-order valence-corrected chi connectivity index (χ3v) is 7.81. The van der Waals surface area contributed by atoms with Gasteiger partial charge in [0.15, 0.2) is 0 Å². The minimum Gasteiger partial charge on any atom is -0.427 e. The highest BCUT2D eigenvalue weighted by Crippen LogP contribution is 2.47. The van der Waals surface area contributed by atoms with Gasteiger partial charge in [-0.25, -0.2) is 18.9 Å². The number of carbonyl (C=O) groups excluding carboxylic acids is 4. The van der Waals surface area contributed by atoms with Gasteiger partial charge in [0.05, 0.1) is 11.1 Å². The fourth-order valence-electron chi connectivity index (χ4n) is 5.67. The Bertz CT molecular complexity index is 1420. The predicted octanol–water partition coefficient (Wildman–Crippen LogP) is 4.65. The van der Waals surface area contributed by atoms with Gasteiger partial charge in [-0.15, -0.1) is 0 Å². The standard InChI is InChI=1S/C26H23ClF4N4O5/c1-32-23(38)33-15-3-4-16-13(10-15)8-9-25(16)22(37)34(24(39)40-25)12-21(36)35-19(6-7-20(35)26(29,30)31)14-2-5-18(28)17(27)11-14/h2-5,10-11,19-20H,6-9,12H2,1H3,(H2,32,33,38)/t19-,20+,25?/m0/s1. The smallest absolute Gasteiger partial charge is 0.418 e. The highest BCUT2D eigenvalue weighted by atomic mass is 35.5. The normalized spacial score (nSPS) is 23.9.